The number of halogens is 1. The molecule has 0 fully saturated rings. The Bertz CT molecular complexity index is 821. The average molecular weight is 356 g/mol. The lowest BCUT2D eigenvalue weighted by molar-refractivity contribution is -0.116. The molecule has 0 aliphatic heterocycles. The molecule has 7 heteroatoms. The molecule has 5 nitrogen and oxygen atoms in total. The third-order valence-corrected chi connectivity index (χ3v) is 4.51. The molecule has 0 atom stereocenters. The molecule has 0 spiro atoms. The normalized spacial score (nSPS) is 10.6. The van der Waals surface area contributed by atoms with Gasteiger partial charge in [0.2, 0.25) is 11.9 Å². The first-order valence-electron chi connectivity index (χ1n) is 7.87. The number of hydrogen-bond acceptors (Lipinski definition) is 4. The Morgan fingerprint density at radius 1 is 1.12 bits per heavy atom. The number of nitrogens with zero attached hydrogens (tertiary/aromatic N) is 2. The lowest BCUT2D eigenvalue weighted by Gasteiger charge is -2.02. The number of carbonyl (C=O) groups excluding carboxylic acids is 1. The van der Waals surface area contributed by atoms with Crippen LogP contribution in [0.2, 0.25) is 0 Å². The van der Waals surface area contributed by atoms with Gasteiger partial charge in [-0.3, -0.25) is 15.2 Å². The van der Waals surface area contributed by atoms with Crippen LogP contribution in [0.15, 0.2) is 59.5 Å². The first-order chi connectivity index (χ1) is 12.2. The van der Waals surface area contributed by atoms with Gasteiger partial charge in [-0.15, -0.1) is 16.9 Å². The highest BCUT2D eigenvalue weighted by Gasteiger charge is 2.09. The molecule has 1 heterocycles. The molecule has 1 aromatic heterocycles. The van der Waals surface area contributed by atoms with E-state index in [9.17, 15) is 9.18 Å². The van der Waals surface area contributed by atoms with Crippen LogP contribution in [0.5, 0.6) is 0 Å². The van der Waals surface area contributed by atoms with Crippen molar-refractivity contribution < 1.29 is 9.18 Å². The number of carbonyl (C=O) groups is 1. The maximum absolute atomic E-state index is 12.9. The SMILES string of the molecule is O=C(CCCSc1ccccc1)Nc1n[nH]c(-c2ccc(F)cc2)n1. The largest absolute Gasteiger partial charge is 0.293 e. The maximum Gasteiger partial charge on any atom is 0.249 e. The zero-order valence-electron chi connectivity index (χ0n) is 13.4. The fourth-order valence-electron chi connectivity index (χ4n) is 2.18. The zero-order valence-corrected chi connectivity index (χ0v) is 14.2. The molecule has 3 aromatic rings. The van der Waals surface area contributed by atoms with Crippen LogP contribution in [0.4, 0.5) is 10.3 Å². The van der Waals surface area contributed by atoms with E-state index in [4.69, 9.17) is 0 Å². The Labute approximate surface area is 149 Å². The molecule has 0 saturated heterocycles. The summed E-state index contributed by atoms with van der Waals surface area (Å²) in [5, 5.41) is 9.36. The number of aromatic amines is 1. The molecule has 0 saturated carbocycles. The van der Waals surface area contributed by atoms with Crippen LogP contribution in [-0.2, 0) is 4.79 Å². The van der Waals surface area contributed by atoms with E-state index in [1.54, 1.807) is 23.9 Å². The molecule has 0 aliphatic carbocycles. The van der Waals surface area contributed by atoms with Crippen LogP contribution in [0.1, 0.15) is 12.8 Å². The van der Waals surface area contributed by atoms with Crippen molar-refractivity contribution in [1.82, 2.24) is 15.2 Å². The summed E-state index contributed by atoms with van der Waals surface area (Å²) < 4.78 is 12.9. The third-order valence-electron chi connectivity index (χ3n) is 3.41. The first-order valence-corrected chi connectivity index (χ1v) is 8.85. The lowest BCUT2D eigenvalue weighted by Crippen LogP contribution is -2.12. The van der Waals surface area contributed by atoms with Gasteiger partial charge in [0, 0.05) is 16.9 Å². The van der Waals surface area contributed by atoms with Crippen LogP contribution in [0.3, 0.4) is 0 Å². The molecule has 0 aliphatic rings. The van der Waals surface area contributed by atoms with Gasteiger partial charge in [-0.2, -0.15) is 4.98 Å². The molecule has 3 rings (SSSR count). The monoisotopic (exact) mass is 356 g/mol. The van der Waals surface area contributed by atoms with E-state index in [1.165, 1.54) is 17.0 Å². The minimum absolute atomic E-state index is 0.127. The summed E-state index contributed by atoms with van der Waals surface area (Å²) >= 11 is 1.72. The van der Waals surface area contributed by atoms with Gasteiger partial charge in [-0.05, 0) is 48.6 Å². The van der Waals surface area contributed by atoms with Crippen molar-refractivity contribution >= 4 is 23.6 Å². The first kappa shape index (κ1) is 17.2. The molecule has 25 heavy (non-hydrogen) atoms. The molecule has 2 N–H and O–H groups in total. The smallest absolute Gasteiger partial charge is 0.249 e. The van der Waals surface area contributed by atoms with Crippen LogP contribution < -0.4 is 5.32 Å². The number of amides is 1. The van der Waals surface area contributed by atoms with Gasteiger partial charge < -0.3 is 0 Å². The average Bonchev–Trinajstić information content (AvgIpc) is 3.09. The highest BCUT2D eigenvalue weighted by atomic mass is 32.2. The van der Waals surface area contributed by atoms with Crippen molar-refractivity contribution in [3.63, 3.8) is 0 Å². The van der Waals surface area contributed by atoms with Gasteiger partial charge in [-0.1, -0.05) is 18.2 Å². The Hall–Kier alpha value is -2.67. The van der Waals surface area contributed by atoms with E-state index in [-0.39, 0.29) is 17.7 Å². The predicted molar refractivity (Wildman–Crippen MR) is 96.8 cm³/mol. The standard InChI is InChI=1S/C18H17FN4OS/c19-14-10-8-13(9-11-14)17-21-18(23-22-17)20-16(24)7-4-12-25-15-5-2-1-3-6-15/h1-3,5-6,8-11H,4,7,12H2,(H2,20,21,22,23,24). The number of H-pyrrole nitrogens is 1. The Kier molecular flexibility index (Phi) is 5.79. The van der Waals surface area contributed by atoms with Gasteiger partial charge >= 0.3 is 0 Å². The summed E-state index contributed by atoms with van der Waals surface area (Å²) in [6.45, 7) is 0. The summed E-state index contributed by atoms with van der Waals surface area (Å²) in [4.78, 5) is 17.3. The minimum atomic E-state index is -0.315. The second kappa shape index (κ2) is 8.43. The van der Waals surface area contributed by atoms with E-state index in [0.29, 0.717) is 17.8 Å². The Balaban J connectivity index is 1.44. The minimum Gasteiger partial charge on any atom is -0.293 e. The second-order valence-electron chi connectivity index (χ2n) is 5.33. The summed E-state index contributed by atoms with van der Waals surface area (Å²) in [5.74, 6) is 1.13. The molecule has 0 unspecified atom stereocenters. The Morgan fingerprint density at radius 2 is 1.88 bits per heavy atom. The van der Waals surface area contributed by atoms with Crippen molar-refractivity contribution in [2.75, 3.05) is 11.1 Å². The molecule has 0 bridgehead atoms. The zero-order chi connectivity index (χ0) is 17.5. The molecule has 0 radical (unpaired) electrons. The summed E-state index contributed by atoms with van der Waals surface area (Å²) in [6, 6.07) is 16.0. The van der Waals surface area contributed by atoms with E-state index in [1.807, 2.05) is 18.2 Å². The van der Waals surface area contributed by atoms with Gasteiger partial charge in [0.15, 0.2) is 5.82 Å². The third kappa shape index (κ3) is 5.15. The fraction of sp³-hybridized carbons (Fsp3) is 0.167. The van der Waals surface area contributed by atoms with Gasteiger partial charge in [0.05, 0.1) is 0 Å². The van der Waals surface area contributed by atoms with E-state index < -0.39 is 0 Å². The Morgan fingerprint density at radius 3 is 2.64 bits per heavy atom. The van der Waals surface area contributed by atoms with Crippen LogP contribution in [-0.4, -0.2) is 26.8 Å². The van der Waals surface area contributed by atoms with Gasteiger partial charge in [0.1, 0.15) is 5.82 Å². The summed E-state index contributed by atoms with van der Waals surface area (Å²) in [7, 11) is 0. The highest BCUT2D eigenvalue weighted by molar-refractivity contribution is 7.99. The maximum atomic E-state index is 12.9. The number of anilines is 1. The van der Waals surface area contributed by atoms with E-state index >= 15 is 0 Å². The number of aromatic nitrogens is 3. The molecular formula is C18H17FN4OS. The topological polar surface area (TPSA) is 70.7 Å². The predicted octanol–water partition coefficient (Wildman–Crippen LogP) is 4.12. The molecule has 2 aromatic carbocycles. The van der Waals surface area contributed by atoms with Gasteiger partial charge in [-0.25, -0.2) is 4.39 Å². The number of hydrogen-bond donors (Lipinski definition) is 2. The second-order valence-corrected chi connectivity index (χ2v) is 6.50. The molecule has 128 valence electrons. The molecule has 1 amide bonds. The van der Waals surface area contributed by atoms with Crippen LogP contribution in [0.25, 0.3) is 11.4 Å². The van der Waals surface area contributed by atoms with Crippen molar-refractivity contribution in [2.45, 2.75) is 17.7 Å². The fourth-order valence-corrected chi connectivity index (χ4v) is 3.06. The van der Waals surface area contributed by atoms with Crippen molar-refractivity contribution in [3.8, 4) is 11.4 Å². The van der Waals surface area contributed by atoms with Crippen molar-refractivity contribution in [3.05, 3.63) is 60.4 Å². The van der Waals surface area contributed by atoms with E-state index in [0.717, 1.165) is 12.2 Å². The number of rotatable bonds is 7. The summed E-state index contributed by atoms with van der Waals surface area (Å²) in [5.41, 5.74) is 0.702. The number of nitrogens with one attached hydrogen (secondary N) is 2. The van der Waals surface area contributed by atoms with Crippen molar-refractivity contribution in [1.29, 1.82) is 0 Å². The highest BCUT2D eigenvalue weighted by Crippen LogP contribution is 2.19. The summed E-state index contributed by atoms with van der Waals surface area (Å²) in [6.07, 6.45) is 1.17. The number of benzene rings is 2. The van der Waals surface area contributed by atoms with Crippen LogP contribution in [0, 0.1) is 5.82 Å². The molecular weight excluding hydrogens is 339 g/mol. The van der Waals surface area contributed by atoms with Crippen LogP contribution >= 0.6 is 11.8 Å². The van der Waals surface area contributed by atoms with Gasteiger partial charge in [0.25, 0.3) is 0 Å². The number of thioether (sulfide) groups is 1. The lowest BCUT2D eigenvalue weighted by atomic mass is 10.2. The quantitative estimate of drug-likeness (QED) is 0.493. The van der Waals surface area contributed by atoms with E-state index in [2.05, 4.69) is 32.6 Å². The van der Waals surface area contributed by atoms with Crippen molar-refractivity contribution in [2.24, 2.45) is 0 Å².